The van der Waals surface area contributed by atoms with E-state index in [0.717, 1.165) is 0 Å². The lowest BCUT2D eigenvalue weighted by Crippen LogP contribution is -2.20. The monoisotopic (exact) mass is 546 g/mol. The van der Waals surface area contributed by atoms with Crippen LogP contribution in [0.2, 0.25) is 10.0 Å². The number of hydrogen-bond acceptors (Lipinski definition) is 6. The van der Waals surface area contributed by atoms with Crippen molar-refractivity contribution in [3.05, 3.63) is 55.3 Å². The molecule has 11 heteroatoms. The number of anilines is 1. The number of methoxy groups -OCH3 is 1. The molecule has 0 radical (unpaired) electrons. The van der Waals surface area contributed by atoms with Gasteiger partial charge in [-0.2, -0.15) is 0 Å². The number of ether oxygens (including phenoxy) is 2. The molecule has 1 fully saturated rings. The maximum absolute atomic E-state index is 12.2. The van der Waals surface area contributed by atoms with Crippen LogP contribution in [-0.4, -0.2) is 29.9 Å². The highest BCUT2D eigenvalue weighted by Crippen LogP contribution is 2.38. The molecule has 3 rings (SSSR count). The van der Waals surface area contributed by atoms with E-state index in [0.29, 0.717) is 46.5 Å². The molecule has 1 heterocycles. The maximum Gasteiger partial charge on any atom is 0.263 e. The molecule has 0 atom stereocenters. The third kappa shape index (κ3) is 5.67. The number of amides is 2. The van der Waals surface area contributed by atoms with E-state index in [2.05, 4.69) is 26.6 Å². The van der Waals surface area contributed by atoms with E-state index < -0.39 is 0 Å². The number of carbonyl (C=O) groups is 2. The van der Waals surface area contributed by atoms with Gasteiger partial charge in [0, 0.05) is 5.69 Å². The average molecular weight is 548 g/mol. The van der Waals surface area contributed by atoms with Crippen LogP contribution < -0.4 is 20.1 Å². The Kier molecular flexibility index (Phi) is 7.65. The fourth-order valence-corrected chi connectivity index (χ4v) is 4.36. The van der Waals surface area contributed by atoms with E-state index in [9.17, 15) is 9.59 Å². The predicted molar refractivity (Wildman–Crippen MR) is 128 cm³/mol. The first-order chi connectivity index (χ1) is 14.3. The number of thioether (sulfide) groups is 1. The first-order valence-corrected chi connectivity index (χ1v) is 11.0. The zero-order chi connectivity index (χ0) is 21.8. The topological polar surface area (TPSA) is 76.7 Å². The Balaban J connectivity index is 1.72. The van der Waals surface area contributed by atoms with Crippen molar-refractivity contribution in [1.82, 2.24) is 5.32 Å². The Bertz CT molecular complexity index is 1080. The third-order valence-corrected chi connectivity index (χ3v) is 6.23. The van der Waals surface area contributed by atoms with Gasteiger partial charge in [0.25, 0.3) is 11.8 Å². The molecule has 0 unspecified atom stereocenters. The molecular weight excluding hydrogens is 535 g/mol. The second kappa shape index (κ2) is 10.0. The highest BCUT2D eigenvalue weighted by molar-refractivity contribution is 9.10. The van der Waals surface area contributed by atoms with Crippen molar-refractivity contribution in [1.29, 1.82) is 0 Å². The summed E-state index contributed by atoms with van der Waals surface area (Å²) in [5, 5.41) is 5.96. The lowest BCUT2D eigenvalue weighted by molar-refractivity contribution is -0.118. The summed E-state index contributed by atoms with van der Waals surface area (Å²) in [6.07, 6.45) is 1.69. The molecule has 2 aromatic carbocycles. The van der Waals surface area contributed by atoms with Crippen LogP contribution in [0, 0.1) is 0 Å². The summed E-state index contributed by atoms with van der Waals surface area (Å²) in [5.41, 5.74) is 1.20. The fraction of sp³-hybridized carbons (Fsp3) is 0.105. The number of carbonyl (C=O) groups excluding carboxylic acids is 2. The van der Waals surface area contributed by atoms with Crippen LogP contribution in [0.5, 0.6) is 11.5 Å². The van der Waals surface area contributed by atoms with Crippen molar-refractivity contribution in [2.45, 2.75) is 0 Å². The summed E-state index contributed by atoms with van der Waals surface area (Å²) in [7, 11) is 1.48. The van der Waals surface area contributed by atoms with Crippen LogP contribution >= 0.6 is 63.1 Å². The minimum absolute atomic E-state index is 0.251. The number of nitrogens with one attached hydrogen (secondary N) is 2. The highest BCUT2D eigenvalue weighted by atomic mass is 79.9. The van der Waals surface area contributed by atoms with Gasteiger partial charge in [0.2, 0.25) is 0 Å². The van der Waals surface area contributed by atoms with Gasteiger partial charge in [-0.15, -0.1) is 0 Å². The molecule has 6 nitrogen and oxygen atoms in total. The van der Waals surface area contributed by atoms with E-state index in [1.807, 2.05) is 0 Å². The second-order valence-electron chi connectivity index (χ2n) is 5.85. The van der Waals surface area contributed by atoms with Crippen molar-refractivity contribution in [2.75, 3.05) is 19.0 Å². The summed E-state index contributed by atoms with van der Waals surface area (Å²) >= 11 is 21.4. The SMILES string of the molecule is COc1cc(/C=C2\SC(=S)NC2=O)cc(Br)c1OCC(=O)Nc1ccc(Cl)c(Cl)c1. The molecule has 2 amide bonds. The Morgan fingerprint density at radius 1 is 1.30 bits per heavy atom. The van der Waals surface area contributed by atoms with Gasteiger partial charge in [0.05, 0.1) is 26.5 Å². The molecule has 0 spiro atoms. The molecule has 156 valence electrons. The first kappa shape index (κ1) is 22.9. The van der Waals surface area contributed by atoms with E-state index in [4.69, 9.17) is 44.9 Å². The number of thiocarbonyl (C=S) groups is 1. The number of benzene rings is 2. The van der Waals surface area contributed by atoms with Crippen LogP contribution in [0.3, 0.4) is 0 Å². The molecule has 0 saturated carbocycles. The Morgan fingerprint density at radius 2 is 2.07 bits per heavy atom. The maximum atomic E-state index is 12.2. The Morgan fingerprint density at radius 3 is 2.70 bits per heavy atom. The molecule has 0 aliphatic carbocycles. The number of halogens is 3. The molecule has 2 aromatic rings. The third-order valence-electron chi connectivity index (χ3n) is 3.74. The van der Waals surface area contributed by atoms with Crippen molar-refractivity contribution < 1.29 is 19.1 Å². The van der Waals surface area contributed by atoms with Crippen LogP contribution in [0.15, 0.2) is 39.7 Å². The number of rotatable bonds is 6. The minimum Gasteiger partial charge on any atom is -0.493 e. The lowest BCUT2D eigenvalue weighted by Gasteiger charge is -2.14. The van der Waals surface area contributed by atoms with Crippen molar-refractivity contribution in [3.8, 4) is 11.5 Å². The second-order valence-corrected chi connectivity index (χ2v) is 9.24. The fourth-order valence-electron chi connectivity index (χ4n) is 2.44. The van der Waals surface area contributed by atoms with Crippen LogP contribution in [0.4, 0.5) is 5.69 Å². The zero-order valence-corrected chi connectivity index (χ0v) is 20.0. The van der Waals surface area contributed by atoms with Gasteiger partial charge in [-0.05, 0) is 57.9 Å². The Labute approximate surface area is 200 Å². The largest absolute Gasteiger partial charge is 0.493 e. The summed E-state index contributed by atoms with van der Waals surface area (Å²) in [6, 6.07) is 8.20. The van der Waals surface area contributed by atoms with Gasteiger partial charge in [-0.3, -0.25) is 9.59 Å². The standard InChI is InChI=1S/C19H13BrCl2N2O4S2/c1-27-14-5-9(6-15-18(26)24-19(29)30-15)4-11(20)17(14)28-8-16(25)23-10-2-3-12(21)13(22)7-10/h2-7H,8H2,1H3,(H,23,25)(H,24,26,29)/b15-6-. The predicted octanol–water partition coefficient (Wildman–Crippen LogP) is 5.27. The molecule has 1 saturated heterocycles. The molecule has 30 heavy (non-hydrogen) atoms. The van der Waals surface area contributed by atoms with Gasteiger partial charge < -0.3 is 20.1 Å². The van der Waals surface area contributed by atoms with Crippen LogP contribution in [0.25, 0.3) is 6.08 Å². The molecule has 2 N–H and O–H groups in total. The molecular formula is C19H13BrCl2N2O4S2. The van der Waals surface area contributed by atoms with Gasteiger partial charge in [0.15, 0.2) is 18.1 Å². The quantitative estimate of drug-likeness (QED) is 0.379. The van der Waals surface area contributed by atoms with Gasteiger partial charge in [0.1, 0.15) is 4.32 Å². The van der Waals surface area contributed by atoms with E-state index >= 15 is 0 Å². The van der Waals surface area contributed by atoms with Gasteiger partial charge in [-0.1, -0.05) is 47.2 Å². The van der Waals surface area contributed by atoms with E-state index in [1.165, 1.54) is 18.9 Å². The first-order valence-electron chi connectivity index (χ1n) is 8.27. The van der Waals surface area contributed by atoms with E-state index in [-0.39, 0.29) is 18.4 Å². The van der Waals surface area contributed by atoms with Crippen molar-refractivity contribution in [3.63, 3.8) is 0 Å². The molecule has 0 bridgehead atoms. The smallest absolute Gasteiger partial charge is 0.263 e. The van der Waals surface area contributed by atoms with Gasteiger partial charge >= 0.3 is 0 Å². The van der Waals surface area contributed by atoms with E-state index in [1.54, 1.807) is 36.4 Å². The summed E-state index contributed by atoms with van der Waals surface area (Å²) in [6.45, 7) is -0.262. The van der Waals surface area contributed by atoms with Crippen LogP contribution in [0.1, 0.15) is 5.56 Å². The van der Waals surface area contributed by atoms with Crippen molar-refractivity contribution >= 4 is 91.0 Å². The molecule has 1 aliphatic heterocycles. The summed E-state index contributed by atoms with van der Waals surface area (Å²) in [5.74, 6) is 0.105. The Hall–Kier alpha value is -1.78. The summed E-state index contributed by atoms with van der Waals surface area (Å²) in [4.78, 5) is 24.5. The minimum atomic E-state index is -0.388. The molecule has 1 aliphatic rings. The van der Waals surface area contributed by atoms with Gasteiger partial charge in [-0.25, -0.2) is 0 Å². The average Bonchev–Trinajstić information content (AvgIpc) is 3.00. The molecule has 0 aromatic heterocycles. The zero-order valence-electron chi connectivity index (χ0n) is 15.3. The van der Waals surface area contributed by atoms with Crippen molar-refractivity contribution in [2.24, 2.45) is 0 Å². The normalized spacial score (nSPS) is 14.6. The highest BCUT2D eigenvalue weighted by Gasteiger charge is 2.22. The van der Waals surface area contributed by atoms with Crippen LogP contribution in [-0.2, 0) is 9.59 Å². The summed E-state index contributed by atoms with van der Waals surface area (Å²) < 4.78 is 12.0. The lowest BCUT2D eigenvalue weighted by atomic mass is 10.2. The number of hydrogen-bond donors (Lipinski definition) is 2.